The van der Waals surface area contributed by atoms with Crippen LogP contribution in [0.5, 0.6) is 23.0 Å². The third-order valence-electron chi connectivity index (χ3n) is 3.93. The van der Waals surface area contributed by atoms with E-state index < -0.39 is 0 Å². The molecule has 0 atom stereocenters. The molecule has 1 aliphatic rings. The van der Waals surface area contributed by atoms with E-state index in [1.165, 1.54) is 11.8 Å². The number of methoxy groups -OCH3 is 1. The van der Waals surface area contributed by atoms with Gasteiger partial charge < -0.3 is 24.3 Å². The first-order valence-corrected chi connectivity index (χ1v) is 11.1. The summed E-state index contributed by atoms with van der Waals surface area (Å²) in [6.45, 7) is 3.07. The van der Waals surface area contributed by atoms with Crippen LogP contribution in [0.25, 0.3) is 6.08 Å². The van der Waals surface area contributed by atoms with Crippen LogP contribution in [0.2, 0.25) is 0 Å². The van der Waals surface area contributed by atoms with Gasteiger partial charge in [0.1, 0.15) is 29.0 Å². The SMILES string of the molecule is CCOc1cc(/C=C2/SC(=S)NC2=O)cc(Br)c1OCCOc1ccc(OC)cc1. The second kappa shape index (κ2) is 10.7. The summed E-state index contributed by atoms with van der Waals surface area (Å²) in [4.78, 5) is 12.4. The fourth-order valence-corrected chi connectivity index (χ4v) is 4.24. The zero-order valence-corrected chi connectivity index (χ0v) is 19.6. The summed E-state index contributed by atoms with van der Waals surface area (Å²) in [5.41, 5.74) is 0.800. The molecular formula is C21H20BrNO5S2. The molecule has 1 amide bonds. The summed E-state index contributed by atoms with van der Waals surface area (Å²) in [7, 11) is 1.62. The summed E-state index contributed by atoms with van der Waals surface area (Å²) < 4.78 is 23.6. The van der Waals surface area contributed by atoms with Gasteiger partial charge in [-0.1, -0.05) is 24.0 Å². The molecule has 2 aromatic carbocycles. The third kappa shape index (κ3) is 5.90. The molecule has 158 valence electrons. The molecule has 1 heterocycles. The molecule has 0 aromatic heterocycles. The molecule has 0 saturated carbocycles. The fourth-order valence-electron chi connectivity index (χ4n) is 2.62. The molecule has 0 unspecified atom stereocenters. The Labute approximate surface area is 193 Å². The number of halogens is 1. The van der Waals surface area contributed by atoms with Gasteiger partial charge in [0.2, 0.25) is 0 Å². The standard InChI is InChI=1S/C21H20BrNO5S2/c1-3-26-17-11-13(12-18-20(24)23-21(29)30-18)10-16(22)19(17)28-9-8-27-15-6-4-14(25-2)5-7-15/h4-7,10-12H,3,8-9H2,1-2H3,(H,23,24,29)/b18-12+. The maximum absolute atomic E-state index is 11.9. The van der Waals surface area contributed by atoms with Crippen LogP contribution in [-0.2, 0) is 4.79 Å². The van der Waals surface area contributed by atoms with Crippen LogP contribution in [0.4, 0.5) is 0 Å². The maximum atomic E-state index is 11.9. The fraction of sp³-hybridized carbons (Fsp3) is 0.238. The number of hydrogen-bond acceptors (Lipinski definition) is 7. The molecular weight excluding hydrogens is 490 g/mol. The van der Waals surface area contributed by atoms with E-state index >= 15 is 0 Å². The minimum absolute atomic E-state index is 0.199. The van der Waals surface area contributed by atoms with Crippen LogP contribution in [0, 0.1) is 0 Å². The Bertz CT molecular complexity index is 963. The van der Waals surface area contributed by atoms with E-state index in [0.29, 0.717) is 40.5 Å². The van der Waals surface area contributed by atoms with Gasteiger partial charge in [-0.15, -0.1) is 0 Å². The number of amides is 1. The Hall–Kier alpha value is -2.23. The van der Waals surface area contributed by atoms with E-state index in [0.717, 1.165) is 21.5 Å². The van der Waals surface area contributed by atoms with Crippen LogP contribution in [0.1, 0.15) is 12.5 Å². The van der Waals surface area contributed by atoms with Crippen molar-refractivity contribution in [1.29, 1.82) is 0 Å². The van der Waals surface area contributed by atoms with Gasteiger partial charge in [-0.2, -0.15) is 0 Å². The lowest BCUT2D eigenvalue weighted by molar-refractivity contribution is -0.115. The molecule has 1 aliphatic heterocycles. The van der Waals surface area contributed by atoms with Crippen molar-refractivity contribution in [1.82, 2.24) is 5.32 Å². The first-order chi connectivity index (χ1) is 14.5. The number of thiocarbonyl (C=S) groups is 1. The quantitative estimate of drug-likeness (QED) is 0.295. The van der Waals surface area contributed by atoms with Crippen LogP contribution >= 0.6 is 39.9 Å². The molecule has 0 bridgehead atoms. The molecule has 0 spiro atoms. The second-order valence-corrected chi connectivity index (χ2v) is 8.56. The van der Waals surface area contributed by atoms with Gasteiger partial charge in [0.25, 0.3) is 5.91 Å². The van der Waals surface area contributed by atoms with Crippen molar-refractivity contribution in [3.05, 3.63) is 51.3 Å². The Morgan fingerprint density at radius 2 is 1.80 bits per heavy atom. The Morgan fingerprint density at radius 3 is 2.43 bits per heavy atom. The zero-order chi connectivity index (χ0) is 21.5. The summed E-state index contributed by atoms with van der Waals surface area (Å²) >= 11 is 9.80. The van der Waals surface area contributed by atoms with Gasteiger partial charge in [0.05, 0.1) is 23.1 Å². The Balaban J connectivity index is 1.67. The highest BCUT2D eigenvalue weighted by Crippen LogP contribution is 2.38. The predicted octanol–water partition coefficient (Wildman–Crippen LogP) is 4.80. The molecule has 1 fully saturated rings. The zero-order valence-electron chi connectivity index (χ0n) is 16.4. The van der Waals surface area contributed by atoms with E-state index in [2.05, 4.69) is 21.2 Å². The van der Waals surface area contributed by atoms with Crippen molar-refractivity contribution < 1.29 is 23.7 Å². The summed E-state index contributed by atoms with van der Waals surface area (Å²) in [6.07, 6.45) is 1.77. The van der Waals surface area contributed by atoms with Gasteiger partial charge in [-0.3, -0.25) is 4.79 Å². The first-order valence-electron chi connectivity index (χ1n) is 9.11. The molecule has 30 heavy (non-hydrogen) atoms. The van der Waals surface area contributed by atoms with Crippen molar-refractivity contribution in [2.45, 2.75) is 6.92 Å². The molecule has 0 radical (unpaired) electrons. The average molecular weight is 510 g/mol. The molecule has 2 aromatic rings. The molecule has 3 rings (SSSR count). The summed E-state index contributed by atoms with van der Waals surface area (Å²) in [6, 6.07) is 11.0. The third-order valence-corrected chi connectivity index (χ3v) is 5.68. The second-order valence-electron chi connectivity index (χ2n) is 5.99. The van der Waals surface area contributed by atoms with Crippen molar-refractivity contribution in [2.24, 2.45) is 0 Å². The smallest absolute Gasteiger partial charge is 0.263 e. The number of carbonyl (C=O) groups is 1. The molecule has 6 nitrogen and oxygen atoms in total. The first kappa shape index (κ1) is 22.5. The summed E-state index contributed by atoms with van der Waals surface area (Å²) in [5.74, 6) is 2.46. The topological polar surface area (TPSA) is 66.0 Å². The molecule has 1 N–H and O–H groups in total. The number of benzene rings is 2. The number of ether oxygens (including phenoxy) is 4. The number of rotatable bonds is 9. The van der Waals surface area contributed by atoms with Crippen LogP contribution in [0.15, 0.2) is 45.8 Å². The average Bonchev–Trinajstić information content (AvgIpc) is 3.04. The largest absolute Gasteiger partial charge is 0.497 e. The van der Waals surface area contributed by atoms with E-state index in [9.17, 15) is 4.79 Å². The van der Waals surface area contributed by atoms with Crippen molar-refractivity contribution in [2.75, 3.05) is 26.9 Å². The van der Waals surface area contributed by atoms with Crippen LogP contribution in [-0.4, -0.2) is 37.2 Å². The maximum Gasteiger partial charge on any atom is 0.263 e. The lowest BCUT2D eigenvalue weighted by Crippen LogP contribution is -2.17. The van der Waals surface area contributed by atoms with Crippen LogP contribution in [0.3, 0.4) is 0 Å². The number of thioether (sulfide) groups is 1. The monoisotopic (exact) mass is 509 g/mol. The highest BCUT2D eigenvalue weighted by atomic mass is 79.9. The normalized spacial score (nSPS) is 14.6. The van der Waals surface area contributed by atoms with Gasteiger partial charge in [-0.25, -0.2) is 0 Å². The Kier molecular flexibility index (Phi) is 8.01. The molecule has 0 aliphatic carbocycles. The van der Waals surface area contributed by atoms with Crippen LogP contribution < -0.4 is 24.3 Å². The molecule has 1 saturated heterocycles. The highest BCUT2D eigenvalue weighted by molar-refractivity contribution is 9.10. The van der Waals surface area contributed by atoms with E-state index in [4.69, 9.17) is 31.2 Å². The number of nitrogens with one attached hydrogen (secondary N) is 1. The summed E-state index contributed by atoms with van der Waals surface area (Å²) in [5, 5.41) is 2.61. The van der Waals surface area contributed by atoms with E-state index in [-0.39, 0.29) is 5.91 Å². The van der Waals surface area contributed by atoms with Crippen molar-refractivity contribution in [3.63, 3.8) is 0 Å². The molecule has 9 heteroatoms. The number of hydrogen-bond donors (Lipinski definition) is 1. The minimum atomic E-state index is -0.199. The number of carbonyl (C=O) groups excluding carboxylic acids is 1. The van der Waals surface area contributed by atoms with Crippen molar-refractivity contribution >= 4 is 56.2 Å². The predicted molar refractivity (Wildman–Crippen MR) is 126 cm³/mol. The lowest BCUT2D eigenvalue weighted by Gasteiger charge is -2.15. The highest BCUT2D eigenvalue weighted by Gasteiger charge is 2.22. The lowest BCUT2D eigenvalue weighted by atomic mass is 10.2. The van der Waals surface area contributed by atoms with Gasteiger partial charge in [-0.05, 0) is 70.9 Å². The van der Waals surface area contributed by atoms with Gasteiger partial charge in [0, 0.05) is 0 Å². The van der Waals surface area contributed by atoms with Gasteiger partial charge >= 0.3 is 0 Å². The minimum Gasteiger partial charge on any atom is -0.497 e. The van der Waals surface area contributed by atoms with E-state index in [1.54, 1.807) is 13.2 Å². The van der Waals surface area contributed by atoms with Crippen molar-refractivity contribution in [3.8, 4) is 23.0 Å². The van der Waals surface area contributed by atoms with Gasteiger partial charge in [0.15, 0.2) is 11.5 Å². The van der Waals surface area contributed by atoms with E-state index in [1.807, 2.05) is 43.3 Å². The Morgan fingerprint density at radius 1 is 1.10 bits per heavy atom.